The van der Waals surface area contributed by atoms with E-state index in [9.17, 15) is 4.79 Å². The summed E-state index contributed by atoms with van der Waals surface area (Å²) in [6.07, 6.45) is 1.08. The fourth-order valence-electron chi connectivity index (χ4n) is 2.15. The minimum Gasteiger partial charge on any atom is -0.338 e. The van der Waals surface area contributed by atoms with Gasteiger partial charge in [-0.15, -0.1) is 5.10 Å². The van der Waals surface area contributed by atoms with Crippen molar-refractivity contribution in [1.29, 1.82) is 0 Å². The van der Waals surface area contributed by atoms with E-state index in [1.165, 1.54) is 6.07 Å². The van der Waals surface area contributed by atoms with E-state index in [-0.39, 0.29) is 5.56 Å². The van der Waals surface area contributed by atoms with Gasteiger partial charge in [0.05, 0.1) is 5.69 Å². The number of nitrogens with zero attached hydrogens (tertiary/aromatic N) is 3. The van der Waals surface area contributed by atoms with Crippen LogP contribution in [0.4, 0.5) is 5.95 Å². The summed E-state index contributed by atoms with van der Waals surface area (Å²) in [5.41, 5.74) is 0.508. The van der Waals surface area contributed by atoms with E-state index in [2.05, 4.69) is 30.4 Å². The maximum atomic E-state index is 11.3. The molecule has 1 saturated heterocycles. The average molecular weight is 260 g/mol. The van der Waals surface area contributed by atoms with Gasteiger partial charge < -0.3 is 15.2 Å². The van der Waals surface area contributed by atoms with Crippen molar-refractivity contribution in [2.75, 3.05) is 31.1 Å². The Hall–Kier alpha value is -2.15. The van der Waals surface area contributed by atoms with Gasteiger partial charge in [-0.25, -0.2) is 0 Å². The van der Waals surface area contributed by atoms with Crippen molar-refractivity contribution in [2.45, 2.75) is 6.42 Å². The van der Waals surface area contributed by atoms with Crippen LogP contribution < -0.4 is 15.8 Å². The molecule has 0 amide bonds. The maximum Gasteiger partial charge on any atom is 0.248 e. The number of rotatable bonds is 2. The van der Waals surface area contributed by atoms with Crippen molar-refractivity contribution >= 4 is 5.95 Å². The van der Waals surface area contributed by atoms with E-state index in [4.69, 9.17) is 0 Å². The molecule has 3 heterocycles. The molecule has 0 atom stereocenters. The van der Waals surface area contributed by atoms with Crippen LogP contribution in [-0.2, 0) is 0 Å². The third-order valence-electron chi connectivity index (χ3n) is 3.12. The second-order valence-electron chi connectivity index (χ2n) is 4.50. The number of anilines is 1. The summed E-state index contributed by atoms with van der Waals surface area (Å²) < 4.78 is 0. The number of hydrogen-bond acceptors (Lipinski definition) is 5. The van der Waals surface area contributed by atoms with Crippen molar-refractivity contribution in [3.63, 3.8) is 0 Å². The van der Waals surface area contributed by atoms with Gasteiger partial charge in [-0.2, -0.15) is 4.98 Å². The smallest absolute Gasteiger partial charge is 0.248 e. The van der Waals surface area contributed by atoms with Crippen LogP contribution in [0.15, 0.2) is 23.0 Å². The van der Waals surface area contributed by atoms with Crippen LogP contribution >= 0.6 is 0 Å². The van der Waals surface area contributed by atoms with E-state index in [1.54, 1.807) is 12.1 Å². The molecule has 7 nitrogen and oxygen atoms in total. The number of nitrogens with one attached hydrogen (secondary N) is 3. The number of aromatic amines is 2. The molecule has 0 bridgehead atoms. The number of pyridine rings is 1. The van der Waals surface area contributed by atoms with Gasteiger partial charge in [0.1, 0.15) is 0 Å². The van der Waals surface area contributed by atoms with Gasteiger partial charge in [0.2, 0.25) is 11.5 Å². The highest BCUT2D eigenvalue weighted by Crippen LogP contribution is 2.14. The van der Waals surface area contributed by atoms with Crippen LogP contribution in [0.1, 0.15) is 6.42 Å². The van der Waals surface area contributed by atoms with Crippen LogP contribution in [0.3, 0.4) is 0 Å². The molecule has 100 valence electrons. The van der Waals surface area contributed by atoms with Gasteiger partial charge in [-0.05, 0) is 19.0 Å². The molecule has 3 N–H and O–H groups in total. The fraction of sp³-hybridized carbons (Fsp3) is 0.417. The molecule has 0 aliphatic carbocycles. The summed E-state index contributed by atoms with van der Waals surface area (Å²) in [6, 6.07) is 4.98. The highest BCUT2D eigenvalue weighted by Gasteiger charge is 2.14. The van der Waals surface area contributed by atoms with E-state index in [0.717, 1.165) is 32.6 Å². The predicted molar refractivity (Wildman–Crippen MR) is 72.1 cm³/mol. The molecule has 0 unspecified atom stereocenters. The summed E-state index contributed by atoms with van der Waals surface area (Å²) in [5, 5.41) is 10.4. The van der Waals surface area contributed by atoms with Gasteiger partial charge in [-0.3, -0.25) is 9.89 Å². The lowest BCUT2D eigenvalue weighted by atomic mass is 10.3. The Morgan fingerprint density at radius 1 is 1.21 bits per heavy atom. The lowest BCUT2D eigenvalue weighted by molar-refractivity contribution is 0.724. The normalized spacial score (nSPS) is 16.3. The van der Waals surface area contributed by atoms with Gasteiger partial charge in [0.15, 0.2) is 5.82 Å². The van der Waals surface area contributed by atoms with Gasteiger partial charge in [-0.1, -0.05) is 6.07 Å². The van der Waals surface area contributed by atoms with Crippen LogP contribution in [0, 0.1) is 0 Å². The third kappa shape index (κ3) is 2.65. The molecule has 1 aliphatic rings. The molecule has 1 aliphatic heterocycles. The molecule has 0 radical (unpaired) electrons. The quantitative estimate of drug-likeness (QED) is 0.705. The number of H-pyrrole nitrogens is 2. The van der Waals surface area contributed by atoms with Crippen LogP contribution in [-0.4, -0.2) is 46.3 Å². The predicted octanol–water partition coefficient (Wildman–Crippen LogP) is -0.0403. The number of hydrogen-bond donors (Lipinski definition) is 3. The van der Waals surface area contributed by atoms with Crippen LogP contribution in [0.5, 0.6) is 0 Å². The van der Waals surface area contributed by atoms with Crippen LogP contribution in [0.25, 0.3) is 11.5 Å². The molecule has 0 aromatic carbocycles. The Morgan fingerprint density at radius 3 is 3.05 bits per heavy atom. The zero-order chi connectivity index (χ0) is 13.1. The Bertz CT molecular complexity index is 596. The second-order valence-corrected chi connectivity index (χ2v) is 4.50. The molecule has 2 aromatic rings. The van der Waals surface area contributed by atoms with Gasteiger partial charge in [0, 0.05) is 25.7 Å². The van der Waals surface area contributed by atoms with Gasteiger partial charge >= 0.3 is 0 Å². The summed E-state index contributed by atoms with van der Waals surface area (Å²) in [5.74, 6) is 1.27. The minimum atomic E-state index is -0.144. The highest BCUT2D eigenvalue weighted by molar-refractivity contribution is 5.50. The molecule has 7 heteroatoms. The summed E-state index contributed by atoms with van der Waals surface area (Å²) in [7, 11) is 0. The third-order valence-corrected chi connectivity index (χ3v) is 3.12. The molecule has 3 rings (SSSR count). The molecule has 0 saturated carbocycles. The zero-order valence-corrected chi connectivity index (χ0v) is 10.5. The van der Waals surface area contributed by atoms with E-state index < -0.39 is 0 Å². The Kier molecular flexibility index (Phi) is 3.28. The number of aromatic nitrogens is 4. The monoisotopic (exact) mass is 260 g/mol. The van der Waals surface area contributed by atoms with E-state index in [0.29, 0.717) is 17.5 Å². The fourth-order valence-corrected chi connectivity index (χ4v) is 2.15. The topological polar surface area (TPSA) is 89.7 Å². The summed E-state index contributed by atoms with van der Waals surface area (Å²) >= 11 is 0. The summed E-state index contributed by atoms with van der Waals surface area (Å²) in [6.45, 7) is 3.80. The first-order valence-corrected chi connectivity index (χ1v) is 6.41. The molecule has 2 aromatic heterocycles. The minimum absolute atomic E-state index is 0.144. The Morgan fingerprint density at radius 2 is 2.16 bits per heavy atom. The second kappa shape index (κ2) is 5.23. The highest BCUT2D eigenvalue weighted by atomic mass is 16.1. The van der Waals surface area contributed by atoms with Crippen molar-refractivity contribution in [1.82, 2.24) is 25.5 Å². The van der Waals surface area contributed by atoms with Crippen LogP contribution in [0.2, 0.25) is 0 Å². The van der Waals surface area contributed by atoms with Crippen molar-refractivity contribution in [3.05, 3.63) is 28.6 Å². The Balaban J connectivity index is 1.84. The Labute approximate surface area is 110 Å². The van der Waals surface area contributed by atoms with Crippen molar-refractivity contribution in [2.24, 2.45) is 0 Å². The SMILES string of the molecule is O=c1cccc(-c2nc(N3CCCNCC3)n[nH]2)[nH]1. The average Bonchev–Trinajstić information content (AvgIpc) is 2.75. The molecule has 19 heavy (non-hydrogen) atoms. The van der Waals surface area contributed by atoms with Gasteiger partial charge in [0.25, 0.3) is 0 Å². The molecule has 0 spiro atoms. The van der Waals surface area contributed by atoms with Crippen molar-refractivity contribution < 1.29 is 0 Å². The van der Waals surface area contributed by atoms with E-state index in [1.807, 2.05) is 0 Å². The maximum absolute atomic E-state index is 11.3. The summed E-state index contributed by atoms with van der Waals surface area (Å²) in [4.78, 5) is 20.6. The molecular weight excluding hydrogens is 244 g/mol. The first kappa shape index (κ1) is 11.9. The molecule has 1 fully saturated rings. The standard InChI is InChI=1S/C12H16N6O/c19-10-4-1-3-9(14-10)11-15-12(17-16-11)18-7-2-5-13-6-8-18/h1,3-4,13H,2,5-8H2,(H,14,19)(H,15,16,17). The largest absolute Gasteiger partial charge is 0.338 e. The molecular formula is C12H16N6O. The van der Waals surface area contributed by atoms with Crippen molar-refractivity contribution in [3.8, 4) is 11.5 Å². The lowest BCUT2D eigenvalue weighted by Crippen LogP contribution is -2.28. The first-order chi connectivity index (χ1) is 9.33. The lowest BCUT2D eigenvalue weighted by Gasteiger charge is -2.16. The van der Waals surface area contributed by atoms with E-state index >= 15 is 0 Å². The zero-order valence-electron chi connectivity index (χ0n) is 10.5. The first-order valence-electron chi connectivity index (χ1n) is 6.41.